The van der Waals surface area contributed by atoms with Crippen LogP contribution in [0.4, 0.5) is 5.95 Å². The summed E-state index contributed by atoms with van der Waals surface area (Å²) in [7, 11) is 0.0763. The molecule has 3 atom stereocenters. The Labute approximate surface area is 225 Å². The molecule has 3 aromatic heterocycles. The molecule has 1 aliphatic rings. The predicted molar refractivity (Wildman–Crippen MR) is 136 cm³/mol. The minimum Gasteiger partial charge on any atom is -0.479 e. The van der Waals surface area contributed by atoms with Gasteiger partial charge in [-0.15, -0.1) is 10.2 Å². The number of aromatic nitrogens is 7. The fourth-order valence-electron chi connectivity index (χ4n) is 4.25. The van der Waals surface area contributed by atoms with E-state index >= 15 is 0 Å². The summed E-state index contributed by atoms with van der Waals surface area (Å²) >= 11 is 5.88. The molecule has 1 saturated heterocycles. The van der Waals surface area contributed by atoms with E-state index in [0.717, 1.165) is 0 Å². The molecule has 16 heteroatoms. The number of sulfonamides is 1. The van der Waals surface area contributed by atoms with Gasteiger partial charge in [0.05, 0.1) is 31.5 Å². The van der Waals surface area contributed by atoms with Gasteiger partial charge in [0.25, 0.3) is 0 Å². The van der Waals surface area contributed by atoms with Crippen LogP contribution < -0.4 is 14.2 Å². The normalized spacial score (nSPS) is 18.7. The van der Waals surface area contributed by atoms with Gasteiger partial charge in [-0.25, -0.2) is 18.4 Å². The first-order chi connectivity index (χ1) is 18.0. The first kappa shape index (κ1) is 27.9. The molecule has 2 unspecified atom stereocenters. The summed E-state index contributed by atoms with van der Waals surface area (Å²) in [5.41, 5.74) is -0.168. The highest BCUT2D eigenvalue weighted by Gasteiger charge is 2.39. The fraction of sp³-hybridized carbons (Fsp3) is 0.545. The van der Waals surface area contributed by atoms with Crippen LogP contribution in [0.2, 0.25) is 5.02 Å². The first-order valence-electron chi connectivity index (χ1n) is 11.6. The smallest absolute Gasteiger partial charge is 0.245 e. The van der Waals surface area contributed by atoms with E-state index < -0.39 is 27.0 Å². The predicted octanol–water partition coefficient (Wildman–Crippen LogP) is 2.32. The van der Waals surface area contributed by atoms with E-state index in [1.54, 1.807) is 0 Å². The Morgan fingerprint density at radius 2 is 1.74 bits per heavy atom. The minimum absolute atomic E-state index is 0.116. The molecule has 0 amide bonds. The van der Waals surface area contributed by atoms with Crippen molar-refractivity contribution in [2.24, 2.45) is 0 Å². The first-order valence-corrected chi connectivity index (χ1v) is 13.5. The largest absolute Gasteiger partial charge is 0.479 e. The summed E-state index contributed by atoms with van der Waals surface area (Å²) in [5, 5.41) is 7.68. The van der Waals surface area contributed by atoms with Gasteiger partial charge in [0.15, 0.2) is 11.5 Å². The van der Waals surface area contributed by atoms with Crippen LogP contribution in [0, 0.1) is 0 Å². The number of hydrogen-bond acceptors (Lipinski definition) is 12. The number of halogens is 1. The number of nitrogens with one attached hydrogen (secondary N) is 1. The lowest BCUT2D eigenvalue weighted by Crippen LogP contribution is -2.33. The van der Waals surface area contributed by atoms with Crippen molar-refractivity contribution in [3.8, 4) is 17.4 Å². The van der Waals surface area contributed by atoms with Gasteiger partial charge in [-0.1, -0.05) is 11.6 Å². The van der Waals surface area contributed by atoms with Gasteiger partial charge < -0.3 is 18.9 Å². The van der Waals surface area contributed by atoms with Crippen LogP contribution in [-0.4, -0.2) is 81.9 Å². The number of ether oxygens (including phenoxy) is 4. The van der Waals surface area contributed by atoms with Crippen molar-refractivity contribution < 1.29 is 27.4 Å². The fourth-order valence-corrected chi connectivity index (χ4v) is 5.48. The van der Waals surface area contributed by atoms with Crippen molar-refractivity contribution in [3.63, 3.8) is 0 Å². The third-order valence-electron chi connectivity index (χ3n) is 6.13. The highest BCUT2D eigenvalue weighted by atomic mass is 35.5. The van der Waals surface area contributed by atoms with E-state index in [1.165, 1.54) is 51.5 Å². The Balaban J connectivity index is 1.79. The molecule has 0 aromatic carbocycles. The molecule has 1 N–H and O–H groups in total. The van der Waals surface area contributed by atoms with Gasteiger partial charge >= 0.3 is 0 Å². The van der Waals surface area contributed by atoms with Crippen LogP contribution in [0.1, 0.15) is 50.9 Å². The van der Waals surface area contributed by atoms with Crippen LogP contribution in [-0.2, 0) is 19.5 Å². The quantitative estimate of drug-likeness (QED) is 0.380. The molecule has 4 rings (SSSR count). The molecule has 1 aliphatic heterocycles. The van der Waals surface area contributed by atoms with Gasteiger partial charge in [-0.2, -0.15) is 9.97 Å². The third kappa shape index (κ3) is 5.50. The second-order valence-electron chi connectivity index (χ2n) is 9.20. The second kappa shape index (κ2) is 10.9. The second-order valence-corrected chi connectivity index (χ2v) is 11.7. The summed E-state index contributed by atoms with van der Waals surface area (Å²) in [6, 6.07) is 0. The Morgan fingerprint density at radius 1 is 1.11 bits per heavy atom. The van der Waals surface area contributed by atoms with Crippen LogP contribution in [0.25, 0.3) is 5.69 Å². The molecule has 14 nitrogen and oxygen atoms in total. The molecule has 0 saturated carbocycles. The van der Waals surface area contributed by atoms with E-state index in [0.29, 0.717) is 23.9 Å². The van der Waals surface area contributed by atoms with E-state index in [4.69, 9.17) is 30.5 Å². The van der Waals surface area contributed by atoms with Crippen LogP contribution in [0.15, 0.2) is 18.7 Å². The van der Waals surface area contributed by atoms with Crippen molar-refractivity contribution in [2.75, 3.05) is 32.7 Å². The summed E-state index contributed by atoms with van der Waals surface area (Å²) in [4.78, 5) is 16.6. The van der Waals surface area contributed by atoms with E-state index in [1.807, 2.05) is 13.8 Å². The zero-order chi connectivity index (χ0) is 27.7. The topological polar surface area (TPSA) is 165 Å². The molecular weight excluding hydrogens is 540 g/mol. The summed E-state index contributed by atoms with van der Waals surface area (Å²) in [5.74, 6) is 0.522. The number of nitrogens with zero attached hydrogens (tertiary/aromatic N) is 7. The summed E-state index contributed by atoms with van der Waals surface area (Å²) in [6.45, 7) is 5.76. The van der Waals surface area contributed by atoms with Gasteiger partial charge in [-0.3, -0.25) is 9.29 Å². The van der Waals surface area contributed by atoms with Crippen molar-refractivity contribution >= 4 is 27.6 Å². The standard InChI is InChI=1S/C22H29ClN8O6S/c1-12(16(34-4)17-24-8-14(23)9-25-17)38(32,33)30-21-29-28-18(13-7-22(2,3)37-10-13)31(21)15-19(35-5)26-11-27-20(15)36-6/h8-9,11-13,16H,7,10H2,1-6H3,(H,29,30)/t12?,13-,16?/m0/s1. The van der Waals surface area contributed by atoms with E-state index in [-0.39, 0.29) is 35.1 Å². The third-order valence-corrected chi connectivity index (χ3v) is 8.02. The molecule has 38 heavy (non-hydrogen) atoms. The maximum atomic E-state index is 13.6. The molecule has 206 valence electrons. The lowest BCUT2D eigenvalue weighted by molar-refractivity contribution is 0.0360. The van der Waals surface area contributed by atoms with Crippen LogP contribution in [0.3, 0.4) is 0 Å². The number of hydrogen-bond donors (Lipinski definition) is 1. The molecular formula is C22H29ClN8O6S. The zero-order valence-corrected chi connectivity index (χ0v) is 23.3. The molecule has 0 radical (unpaired) electrons. The Bertz CT molecular complexity index is 1360. The molecule has 1 fully saturated rings. The molecule has 0 bridgehead atoms. The van der Waals surface area contributed by atoms with Crippen molar-refractivity contribution in [2.45, 2.75) is 50.1 Å². The van der Waals surface area contributed by atoms with Gasteiger partial charge in [-0.05, 0) is 27.2 Å². The Morgan fingerprint density at radius 3 is 2.26 bits per heavy atom. The van der Waals surface area contributed by atoms with Crippen molar-refractivity contribution in [3.05, 3.63) is 35.4 Å². The maximum Gasteiger partial charge on any atom is 0.245 e. The number of anilines is 1. The molecule has 3 aromatic rings. The maximum absolute atomic E-state index is 13.6. The molecule has 4 heterocycles. The van der Waals surface area contributed by atoms with Crippen molar-refractivity contribution in [1.29, 1.82) is 0 Å². The molecule has 0 spiro atoms. The minimum atomic E-state index is -4.15. The van der Waals surface area contributed by atoms with E-state index in [9.17, 15) is 8.42 Å². The number of rotatable bonds is 10. The van der Waals surface area contributed by atoms with Gasteiger partial charge in [0, 0.05) is 25.4 Å². The highest BCUT2D eigenvalue weighted by molar-refractivity contribution is 7.93. The SMILES string of the molecule is COc1ncnc(OC)c1-n1c(NS(=O)(=O)C(C)C(OC)c2ncc(Cl)cn2)nnc1[C@@H]1COC(C)(C)C1. The van der Waals surface area contributed by atoms with Crippen LogP contribution >= 0.6 is 11.6 Å². The van der Waals surface area contributed by atoms with E-state index in [2.05, 4.69) is 34.9 Å². The van der Waals surface area contributed by atoms with Gasteiger partial charge in [0.2, 0.25) is 27.7 Å². The average molecular weight is 569 g/mol. The lowest BCUT2D eigenvalue weighted by atomic mass is 9.97. The van der Waals surface area contributed by atoms with Crippen LogP contribution in [0.5, 0.6) is 11.8 Å². The summed E-state index contributed by atoms with van der Waals surface area (Å²) < 4.78 is 53.5. The zero-order valence-electron chi connectivity index (χ0n) is 21.7. The lowest BCUT2D eigenvalue weighted by Gasteiger charge is -2.23. The van der Waals surface area contributed by atoms with Crippen molar-refractivity contribution in [1.82, 2.24) is 34.7 Å². The number of methoxy groups -OCH3 is 3. The van der Waals surface area contributed by atoms with Gasteiger partial charge in [0.1, 0.15) is 23.5 Å². The summed E-state index contributed by atoms with van der Waals surface area (Å²) in [6.07, 6.45) is 3.62. The Kier molecular flexibility index (Phi) is 8.01. The average Bonchev–Trinajstić information content (AvgIpc) is 3.46. The Hall–Kier alpha value is -3.14. The molecule has 0 aliphatic carbocycles. The monoisotopic (exact) mass is 568 g/mol. The highest BCUT2D eigenvalue weighted by Crippen LogP contribution is 2.40.